The standard InChI is InChI=1S/C12H14O2/c1-4-10-7-8-11(5-2)12(6-3,14-11)9(10)13-10/h4-5,7-9H,1-2,6H2,3H3. The van der Waals surface area contributed by atoms with Gasteiger partial charge in [0.1, 0.15) is 22.9 Å². The Kier molecular flexibility index (Phi) is 1.23. The number of hydrogen-bond donors (Lipinski definition) is 0. The van der Waals surface area contributed by atoms with Crippen LogP contribution >= 0.6 is 0 Å². The van der Waals surface area contributed by atoms with Crippen LogP contribution in [0.4, 0.5) is 0 Å². The van der Waals surface area contributed by atoms with Gasteiger partial charge in [0.2, 0.25) is 0 Å². The molecule has 2 fully saturated rings. The molecule has 2 saturated heterocycles. The van der Waals surface area contributed by atoms with Crippen LogP contribution in [0.5, 0.6) is 0 Å². The van der Waals surface area contributed by atoms with Gasteiger partial charge < -0.3 is 9.47 Å². The zero-order valence-corrected chi connectivity index (χ0v) is 8.32. The highest BCUT2D eigenvalue weighted by Crippen LogP contribution is 2.67. The quantitative estimate of drug-likeness (QED) is 0.502. The van der Waals surface area contributed by atoms with Crippen molar-refractivity contribution in [2.45, 2.75) is 36.3 Å². The number of hydrogen-bond acceptors (Lipinski definition) is 2. The highest BCUT2D eigenvalue weighted by atomic mass is 16.7. The van der Waals surface area contributed by atoms with E-state index in [1.807, 2.05) is 18.2 Å². The number of ether oxygens (including phenoxy) is 2. The molecule has 2 heterocycles. The van der Waals surface area contributed by atoms with Crippen LogP contribution in [-0.2, 0) is 9.47 Å². The summed E-state index contributed by atoms with van der Waals surface area (Å²) in [4.78, 5) is 0. The van der Waals surface area contributed by atoms with E-state index in [1.165, 1.54) is 0 Å². The van der Waals surface area contributed by atoms with Crippen LogP contribution in [0.25, 0.3) is 0 Å². The first-order valence-corrected chi connectivity index (χ1v) is 5.04. The van der Waals surface area contributed by atoms with E-state index in [0.29, 0.717) is 0 Å². The summed E-state index contributed by atoms with van der Waals surface area (Å²) in [5, 5.41) is 0. The fourth-order valence-corrected chi connectivity index (χ4v) is 2.76. The molecular formula is C12H14O2. The lowest BCUT2D eigenvalue weighted by molar-refractivity contribution is 0.224. The summed E-state index contributed by atoms with van der Waals surface area (Å²) in [5.74, 6) is 0. The third-order valence-corrected chi connectivity index (χ3v) is 3.81. The fraction of sp³-hybridized carbons (Fsp3) is 0.500. The maximum Gasteiger partial charge on any atom is 0.137 e. The number of epoxide rings is 2. The minimum Gasteiger partial charge on any atom is -0.354 e. The van der Waals surface area contributed by atoms with E-state index in [0.717, 1.165) is 6.42 Å². The molecule has 4 atom stereocenters. The Labute approximate surface area is 83.9 Å². The van der Waals surface area contributed by atoms with Crippen molar-refractivity contribution in [1.29, 1.82) is 0 Å². The molecule has 74 valence electrons. The molecule has 14 heavy (non-hydrogen) atoms. The van der Waals surface area contributed by atoms with Crippen molar-refractivity contribution in [3.8, 4) is 0 Å². The van der Waals surface area contributed by atoms with Gasteiger partial charge in [0, 0.05) is 0 Å². The summed E-state index contributed by atoms with van der Waals surface area (Å²) in [6.07, 6.45) is 8.94. The minimum atomic E-state index is -0.268. The zero-order chi connectivity index (χ0) is 10.0. The lowest BCUT2D eigenvalue weighted by Crippen LogP contribution is -2.35. The smallest absolute Gasteiger partial charge is 0.137 e. The average Bonchev–Trinajstić information content (AvgIpc) is 3.09. The molecule has 2 heteroatoms. The van der Waals surface area contributed by atoms with Crippen LogP contribution < -0.4 is 0 Å². The predicted octanol–water partition coefficient (Wildman–Crippen LogP) is 1.98. The summed E-state index contributed by atoms with van der Waals surface area (Å²) >= 11 is 0. The summed E-state index contributed by atoms with van der Waals surface area (Å²) in [6, 6.07) is 0. The van der Waals surface area contributed by atoms with Gasteiger partial charge in [-0.25, -0.2) is 0 Å². The molecule has 1 aliphatic carbocycles. The Bertz CT molecular complexity index is 359. The van der Waals surface area contributed by atoms with Crippen LogP contribution in [0.15, 0.2) is 37.5 Å². The van der Waals surface area contributed by atoms with E-state index in [4.69, 9.17) is 9.47 Å². The molecule has 3 aliphatic rings. The second-order valence-electron chi connectivity index (χ2n) is 4.23. The Balaban J connectivity index is 2.06. The monoisotopic (exact) mass is 190 g/mol. The Morgan fingerprint density at radius 1 is 1.36 bits per heavy atom. The van der Waals surface area contributed by atoms with Crippen molar-refractivity contribution in [1.82, 2.24) is 0 Å². The maximum atomic E-state index is 5.85. The molecule has 4 unspecified atom stereocenters. The molecular weight excluding hydrogens is 176 g/mol. The Morgan fingerprint density at radius 3 is 2.71 bits per heavy atom. The summed E-state index contributed by atoms with van der Waals surface area (Å²) < 4.78 is 11.6. The van der Waals surface area contributed by atoms with Crippen LogP contribution in [-0.4, -0.2) is 22.9 Å². The maximum absolute atomic E-state index is 5.85. The third kappa shape index (κ3) is 0.615. The van der Waals surface area contributed by atoms with Crippen molar-refractivity contribution < 1.29 is 9.47 Å². The summed E-state index contributed by atoms with van der Waals surface area (Å²) in [6.45, 7) is 9.77. The normalized spacial score (nSPS) is 57.1. The molecule has 0 amide bonds. The van der Waals surface area contributed by atoms with E-state index in [2.05, 4.69) is 26.2 Å². The minimum absolute atomic E-state index is 0.139. The molecule has 0 bridgehead atoms. The summed E-state index contributed by atoms with van der Waals surface area (Å²) in [7, 11) is 0. The molecule has 0 spiro atoms. The summed E-state index contributed by atoms with van der Waals surface area (Å²) in [5.41, 5.74) is -0.688. The third-order valence-electron chi connectivity index (χ3n) is 3.81. The number of rotatable bonds is 3. The first-order valence-electron chi connectivity index (χ1n) is 5.04. The van der Waals surface area contributed by atoms with Crippen LogP contribution in [0.3, 0.4) is 0 Å². The average molecular weight is 190 g/mol. The van der Waals surface area contributed by atoms with Crippen LogP contribution in [0.1, 0.15) is 13.3 Å². The molecule has 0 aromatic rings. The van der Waals surface area contributed by atoms with Crippen LogP contribution in [0, 0.1) is 0 Å². The fourth-order valence-electron chi connectivity index (χ4n) is 2.76. The highest BCUT2D eigenvalue weighted by molar-refractivity contribution is 5.49. The predicted molar refractivity (Wildman–Crippen MR) is 54.0 cm³/mol. The van der Waals surface area contributed by atoms with Gasteiger partial charge in [0.05, 0.1) is 0 Å². The SMILES string of the molecule is C=CC12C=CC3(C=C)OC3(CC)C1O2. The van der Waals surface area contributed by atoms with Gasteiger partial charge in [-0.3, -0.25) is 0 Å². The molecule has 0 radical (unpaired) electrons. The second kappa shape index (κ2) is 2.05. The highest BCUT2D eigenvalue weighted by Gasteiger charge is 2.82. The van der Waals surface area contributed by atoms with Gasteiger partial charge in [-0.2, -0.15) is 0 Å². The molecule has 2 aliphatic heterocycles. The van der Waals surface area contributed by atoms with E-state index in [9.17, 15) is 0 Å². The molecule has 0 aromatic carbocycles. The van der Waals surface area contributed by atoms with Crippen molar-refractivity contribution in [3.63, 3.8) is 0 Å². The van der Waals surface area contributed by atoms with Crippen LogP contribution in [0.2, 0.25) is 0 Å². The number of fused-ring (bicyclic) bond motifs is 3. The molecule has 3 rings (SSSR count). The Hall–Kier alpha value is -0.860. The van der Waals surface area contributed by atoms with Gasteiger partial charge >= 0.3 is 0 Å². The molecule has 0 saturated carbocycles. The van der Waals surface area contributed by atoms with E-state index in [1.54, 1.807) is 0 Å². The van der Waals surface area contributed by atoms with E-state index in [-0.39, 0.29) is 22.9 Å². The van der Waals surface area contributed by atoms with Crippen molar-refractivity contribution in [3.05, 3.63) is 37.5 Å². The second-order valence-corrected chi connectivity index (χ2v) is 4.23. The zero-order valence-electron chi connectivity index (χ0n) is 8.32. The topological polar surface area (TPSA) is 25.1 Å². The first-order chi connectivity index (χ1) is 6.69. The molecule has 0 aromatic heterocycles. The largest absolute Gasteiger partial charge is 0.354 e. The van der Waals surface area contributed by atoms with E-state index >= 15 is 0 Å². The van der Waals surface area contributed by atoms with Gasteiger partial charge in [-0.15, -0.1) is 0 Å². The van der Waals surface area contributed by atoms with Gasteiger partial charge in [0.15, 0.2) is 0 Å². The Morgan fingerprint density at radius 2 is 2.14 bits per heavy atom. The van der Waals surface area contributed by atoms with Crippen molar-refractivity contribution in [2.75, 3.05) is 0 Å². The van der Waals surface area contributed by atoms with E-state index < -0.39 is 0 Å². The van der Waals surface area contributed by atoms with Gasteiger partial charge in [-0.1, -0.05) is 32.2 Å². The van der Waals surface area contributed by atoms with Crippen molar-refractivity contribution in [2.24, 2.45) is 0 Å². The van der Waals surface area contributed by atoms with Gasteiger partial charge in [0.25, 0.3) is 0 Å². The lowest BCUT2D eigenvalue weighted by atomic mass is 9.78. The lowest BCUT2D eigenvalue weighted by Gasteiger charge is -2.16. The molecule has 0 N–H and O–H groups in total. The van der Waals surface area contributed by atoms with Gasteiger partial charge in [-0.05, 0) is 18.6 Å². The first kappa shape index (κ1) is 8.45. The molecule has 2 nitrogen and oxygen atoms in total. The van der Waals surface area contributed by atoms with Crippen molar-refractivity contribution >= 4 is 0 Å².